The molecule has 0 unspecified atom stereocenters. The maximum absolute atomic E-state index is 12.4. The van der Waals surface area contributed by atoms with Gasteiger partial charge in [0.2, 0.25) is 11.7 Å². The van der Waals surface area contributed by atoms with Gasteiger partial charge in [-0.1, -0.05) is 43.3 Å². The van der Waals surface area contributed by atoms with E-state index >= 15 is 0 Å². The maximum Gasteiger partial charge on any atom is 0.471 e. The average Bonchev–Trinajstić information content (AvgIpc) is 2.95. The van der Waals surface area contributed by atoms with Gasteiger partial charge in [-0.3, -0.25) is 4.79 Å². The Morgan fingerprint density at radius 1 is 1.26 bits per heavy atom. The van der Waals surface area contributed by atoms with Crippen LogP contribution in [0.3, 0.4) is 0 Å². The Hall–Kier alpha value is -2.38. The van der Waals surface area contributed by atoms with Crippen LogP contribution >= 0.6 is 0 Å². The molecule has 0 aliphatic carbocycles. The van der Waals surface area contributed by atoms with E-state index < -0.39 is 12.1 Å². The standard InChI is InChI=1S/C15H16F3N3O2/c1-9(2)7-12(22)19-8-10-3-5-11(6-4-10)13-20-14(23-21-13)15(16,17)18/h3-6,9H,7-8H2,1-2H3,(H,19,22). The lowest BCUT2D eigenvalue weighted by Gasteiger charge is -2.07. The summed E-state index contributed by atoms with van der Waals surface area (Å²) >= 11 is 0. The molecule has 5 nitrogen and oxygen atoms in total. The fraction of sp³-hybridized carbons (Fsp3) is 0.400. The molecular formula is C15H16F3N3O2. The first kappa shape index (κ1) is 17.0. The van der Waals surface area contributed by atoms with Crippen LogP contribution in [0.5, 0.6) is 0 Å². The average molecular weight is 327 g/mol. The number of halogens is 3. The molecule has 2 rings (SSSR count). The zero-order valence-corrected chi connectivity index (χ0v) is 12.6. The molecule has 1 amide bonds. The number of amides is 1. The number of rotatable bonds is 5. The van der Waals surface area contributed by atoms with Crippen LogP contribution in [0.25, 0.3) is 11.4 Å². The van der Waals surface area contributed by atoms with E-state index in [0.29, 0.717) is 18.5 Å². The molecule has 0 atom stereocenters. The van der Waals surface area contributed by atoms with Gasteiger partial charge in [-0.05, 0) is 11.5 Å². The van der Waals surface area contributed by atoms with E-state index in [1.165, 1.54) is 0 Å². The van der Waals surface area contributed by atoms with Gasteiger partial charge in [0.05, 0.1) is 0 Å². The van der Waals surface area contributed by atoms with Crippen molar-refractivity contribution in [1.29, 1.82) is 0 Å². The molecule has 0 bridgehead atoms. The van der Waals surface area contributed by atoms with Gasteiger partial charge >= 0.3 is 12.1 Å². The van der Waals surface area contributed by atoms with Gasteiger partial charge in [0.15, 0.2) is 0 Å². The predicted octanol–water partition coefficient (Wildman–Crippen LogP) is 3.42. The Bertz CT molecular complexity index is 663. The molecule has 0 aliphatic heterocycles. The molecule has 1 aromatic carbocycles. The van der Waals surface area contributed by atoms with E-state index in [9.17, 15) is 18.0 Å². The molecule has 1 aromatic heterocycles. The zero-order chi connectivity index (χ0) is 17.0. The summed E-state index contributed by atoms with van der Waals surface area (Å²) in [6.45, 7) is 4.26. The summed E-state index contributed by atoms with van der Waals surface area (Å²) in [6.07, 6.45) is -4.22. The molecule has 0 radical (unpaired) electrons. The van der Waals surface area contributed by atoms with Gasteiger partial charge in [0.1, 0.15) is 0 Å². The minimum atomic E-state index is -4.66. The molecule has 0 fully saturated rings. The van der Waals surface area contributed by atoms with Gasteiger partial charge in [-0.15, -0.1) is 0 Å². The van der Waals surface area contributed by atoms with Crippen molar-refractivity contribution in [2.24, 2.45) is 5.92 Å². The van der Waals surface area contributed by atoms with Crippen LogP contribution in [-0.2, 0) is 17.5 Å². The van der Waals surface area contributed by atoms with Crippen molar-refractivity contribution in [3.8, 4) is 11.4 Å². The van der Waals surface area contributed by atoms with E-state index in [-0.39, 0.29) is 17.6 Å². The second kappa shape index (κ2) is 6.80. The Kier molecular flexibility index (Phi) is 5.02. The second-order valence-corrected chi connectivity index (χ2v) is 5.49. The van der Waals surface area contributed by atoms with Crippen molar-refractivity contribution in [1.82, 2.24) is 15.5 Å². The number of hydrogen-bond acceptors (Lipinski definition) is 4. The summed E-state index contributed by atoms with van der Waals surface area (Å²) in [6, 6.07) is 6.53. The predicted molar refractivity (Wildman–Crippen MR) is 76.0 cm³/mol. The molecule has 8 heteroatoms. The van der Waals surface area contributed by atoms with E-state index in [1.54, 1.807) is 24.3 Å². The van der Waals surface area contributed by atoms with Crippen molar-refractivity contribution in [2.75, 3.05) is 0 Å². The van der Waals surface area contributed by atoms with E-state index in [0.717, 1.165) is 5.56 Å². The first-order valence-corrected chi connectivity index (χ1v) is 7.02. The van der Waals surface area contributed by atoms with Crippen LogP contribution in [0.4, 0.5) is 13.2 Å². The third-order valence-corrected chi connectivity index (χ3v) is 2.96. The highest BCUT2D eigenvalue weighted by Crippen LogP contribution is 2.29. The number of aromatic nitrogens is 2. The summed E-state index contributed by atoms with van der Waals surface area (Å²) in [5, 5.41) is 6.09. The van der Waals surface area contributed by atoms with Crippen LogP contribution in [0.15, 0.2) is 28.8 Å². The normalized spacial score (nSPS) is 11.7. The number of carbonyl (C=O) groups excluding carboxylic acids is 1. The van der Waals surface area contributed by atoms with Gasteiger partial charge in [-0.2, -0.15) is 18.2 Å². The molecule has 0 saturated heterocycles. The van der Waals surface area contributed by atoms with Crippen molar-refractivity contribution >= 4 is 5.91 Å². The second-order valence-electron chi connectivity index (χ2n) is 5.49. The fourth-order valence-corrected chi connectivity index (χ4v) is 1.87. The highest BCUT2D eigenvalue weighted by atomic mass is 19.4. The van der Waals surface area contributed by atoms with Crippen LogP contribution in [-0.4, -0.2) is 16.0 Å². The highest BCUT2D eigenvalue weighted by molar-refractivity contribution is 5.76. The molecule has 0 saturated carbocycles. The van der Waals surface area contributed by atoms with E-state index in [2.05, 4.69) is 20.0 Å². The van der Waals surface area contributed by atoms with E-state index in [1.807, 2.05) is 13.8 Å². The van der Waals surface area contributed by atoms with Crippen molar-refractivity contribution in [3.05, 3.63) is 35.7 Å². The summed E-state index contributed by atoms with van der Waals surface area (Å²) in [4.78, 5) is 14.9. The summed E-state index contributed by atoms with van der Waals surface area (Å²) in [5.74, 6) is -1.28. The smallest absolute Gasteiger partial charge is 0.352 e. The Morgan fingerprint density at radius 3 is 2.43 bits per heavy atom. The van der Waals surface area contributed by atoms with Crippen molar-refractivity contribution in [3.63, 3.8) is 0 Å². The topological polar surface area (TPSA) is 68.0 Å². The third kappa shape index (κ3) is 4.80. The van der Waals surface area contributed by atoms with Crippen molar-refractivity contribution in [2.45, 2.75) is 33.0 Å². The Labute approximate surface area is 130 Å². The summed E-state index contributed by atoms with van der Waals surface area (Å²) < 4.78 is 41.4. The molecular weight excluding hydrogens is 311 g/mol. The molecule has 1 heterocycles. The molecule has 0 aliphatic rings. The van der Waals surface area contributed by atoms with Gasteiger partial charge in [0, 0.05) is 18.5 Å². The SMILES string of the molecule is CC(C)CC(=O)NCc1ccc(-c2noc(C(F)(F)F)n2)cc1. The van der Waals surface area contributed by atoms with Gasteiger partial charge in [0.25, 0.3) is 0 Å². The maximum atomic E-state index is 12.4. The number of hydrogen-bond donors (Lipinski definition) is 1. The molecule has 124 valence electrons. The number of benzene rings is 1. The van der Waals surface area contributed by atoms with Crippen LogP contribution in [0, 0.1) is 5.92 Å². The molecule has 0 spiro atoms. The highest BCUT2D eigenvalue weighted by Gasteiger charge is 2.38. The lowest BCUT2D eigenvalue weighted by Crippen LogP contribution is -2.23. The van der Waals surface area contributed by atoms with Gasteiger partial charge in [-0.25, -0.2) is 0 Å². The lowest BCUT2D eigenvalue weighted by molar-refractivity contribution is -0.159. The number of alkyl halides is 3. The lowest BCUT2D eigenvalue weighted by atomic mass is 10.1. The van der Waals surface area contributed by atoms with Crippen LogP contribution < -0.4 is 5.32 Å². The minimum Gasteiger partial charge on any atom is -0.352 e. The number of carbonyl (C=O) groups is 1. The van der Waals surface area contributed by atoms with Crippen molar-refractivity contribution < 1.29 is 22.5 Å². The largest absolute Gasteiger partial charge is 0.471 e. The first-order chi connectivity index (χ1) is 10.8. The zero-order valence-electron chi connectivity index (χ0n) is 12.6. The Morgan fingerprint density at radius 2 is 1.91 bits per heavy atom. The molecule has 23 heavy (non-hydrogen) atoms. The monoisotopic (exact) mass is 327 g/mol. The minimum absolute atomic E-state index is 0.0444. The van der Waals surface area contributed by atoms with Crippen LogP contribution in [0.1, 0.15) is 31.7 Å². The van der Waals surface area contributed by atoms with Crippen LogP contribution in [0.2, 0.25) is 0 Å². The number of nitrogens with one attached hydrogen (secondary N) is 1. The number of nitrogens with zero attached hydrogens (tertiary/aromatic N) is 2. The first-order valence-electron chi connectivity index (χ1n) is 7.02. The quantitative estimate of drug-likeness (QED) is 0.914. The summed E-state index contributed by atoms with van der Waals surface area (Å²) in [5.41, 5.74) is 1.23. The molecule has 1 N–H and O–H groups in total. The van der Waals surface area contributed by atoms with Gasteiger partial charge < -0.3 is 9.84 Å². The summed E-state index contributed by atoms with van der Waals surface area (Å²) in [7, 11) is 0. The fourth-order valence-electron chi connectivity index (χ4n) is 1.87. The Balaban J connectivity index is 1.99. The third-order valence-electron chi connectivity index (χ3n) is 2.96. The van der Waals surface area contributed by atoms with E-state index in [4.69, 9.17) is 0 Å². The molecule has 2 aromatic rings.